The maximum Gasteiger partial charge on any atom is 0.326 e. The number of aliphatic carboxylic acids is 1. The lowest BCUT2D eigenvalue weighted by molar-refractivity contribution is -0.154. The van der Waals surface area contributed by atoms with E-state index >= 15 is 0 Å². The summed E-state index contributed by atoms with van der Waals surface area (Å²) < 4.78 is 0. The first kappa shape index (κ1) is 19.2. The van der Waals surface area contributed by atoms with Crippen LogP contribution in [0.4, 0.5) is 0 Å². The van der Waals surface area contributed by atoms with Crippen LogP contribution in [0.3, 0.4) is 0 Å². The number of rotatable bonds is 3. The van der Waals surface area contributed by atoms with Gasteiger partial charge in [-0.3, -0.25) is 9.59 Å². The predicted octanol–water partition coefficient (Wildman–Crippen LogP) is 2.02. The van der Waals surface area contributed by atoms with Crippen LogP contribution in [-0.2, 0) is 9.59 Å². The minimum absolute atomic E-state index is 0.00925. The number of phenols is 1. The fourth-order valence-electron chi connectivity index (χ4n) is 4.12. The second-order valence-electron chi connectivity index (χ2n) is 7.85. The number of benzene rings is 1. The molecule has 2 aliphatic rings. The summed E-state index contributed by atoms with van der Waals surface area (Å²) in [5.41, 5.74) is 1.06. The molecule has 27 heavy (non-hydrogen) atoms. The Kier molecular flexibility index (Phi) is 5.13. The number of carboxylic acid groups (broad SMARTS) is 1. The van der Waals surface area contributed by atoms with E-state index in [1.807, 2.05) is 6.92 Å². The summed E-state index contributed by atoms with van der Waals surface area (Å²) in [7, 11) is 0. The Hall–Kier alpha value is -2.57. The van der Waals surface area contributed by atoms with Gasteiger partial charge in [0, 0.05) is 26.1 Å². The molecule has 1 aromatic rings. The average molecular weight is 374 g/mol. The highest BCUT2D eigenvalue weighted by atomic mass is 16.4. The van der Waals surface area contributed by atoms with Crippen LogP contribution < -0.4 is 0 Å². The summed E-state index contributed by atoms with van der Waals surface area (Å²) >= 11 is 0. The Morgan fingerprint density at radius 2 is 1.85 bits per heavy atom. The molecule has 0 radical (unpaired) electrons. The van der Waals surface area contributed by atoms with Crippen LogP contribution in [0.25, 0.3) is 0 Å². The highest BCUT2D eigenvalue weighted by molar-refractivity contribution is 5.97. The third kappa shape index (κ3) is 3.77. The summed E-state index contributed by atoms with van der Waals surface area (Å²) in [5, 5.41) is 19.3. The van der Waals surface area contributed by atoms with Crippen molar-refractivity contribution < 1.29 is 24.6 Å². The maximum absolute atomic E-state index is 12.7. The Bertz CT molecular complexity index is 768. The molecular weight excluding hydrogens is 348 g/mol. The lowest BCUT2D eigenvalue weighted by Crippen LogP contribution is -2.55. The Labute approximate surface area is 158 Å². The molecule has 0 aromatic heterocycles. The molecule has 1 spiro atoms. The average Bonchev–Trinajstić information content (AvgIpc) is 2.63. The van der Waals surface area contributed by atoms with Crippen molar-refractivity contribution in [1.82, 2.24) is 9.80 Å². The number of amides is 2. The number of aryl methyl sites for hydroxylation is 1. The predicted molar refractivity (Wildman–Crippen MR) is 98.5 cm³/mol. The van der Waals surface area contributed by atoms with E-state index in [0.29, 0.717) is 31.6 Å². The molecule has 0 bridgehead atoms. The van der Waals surface area contributed by atoms with Gasteiger partial charge in [-0.15, -0.1) is 0 Å². The van der Waals surface area contributed by atoms with Crippen molar-refractivity contribution in [3.63, 3.8) is 0 Å². The molecule has 146 valence electrons. The van der Waals surface area contributed by atoms with Gasteiger partial charge >= 0.3 is 5.97 Å². The Morgan fingerprint density at radius 3 is 2.44 bits per heavy atom. The second-order valence-corrected chi connectivity index (χ2v) is 7.85. The number of carboxylic acids is 1. The van der Waals surface area contributed by atoms with E-state index in [0.717, 1.165) is 24.8 Å². The molecule has 1 atom stereocenters. The molecule has 0 aliphatic carbocycles. The van der Waals surface area contributed by atoms with E-state index in [1.54, 1.807) is 23.1 Å². The minimum atomic E-state index is -0.997. The van der Waals surface area contributed by atoms with Gasteiger partial charge in [0.05, 0.1) is 5.56 Å². The number of piperidine rings is 2. The molecule has 2 heterocycles. The van der Waals surface area contributed by atoms with Crippen molar-refractivity contribution in [3.05, 3.63) is 29.3 Å². The molecule has 0 saturated carbocycles. The highest BCUT2D eigenvalue weighted by Gasteiger charge is 2.44. The smallest absolute Gasteiger partial charge is 0.326 e. The number of carbonyl (C=O) groups excluding carboxylic acids is 2. The molecule has 2 N–H and O–H groups in total. The van der Waals surface area contributed by atoms with Gasteiger partial charge in [0.1, 0.15) is 11.8 Å². The molecule has 2 aliphatic heterocycles. The van der Waals surface area contributed by atoms with E-state index in [4.69, 9.17) is 0 Å². The molecule has 2 saturated heterocycles. The monoisotopic (exact) mass is 374 g/mol. The van der Waals surface area contributed by atoms with Gasteiger partial charge in [0.2, 0.25) is 5.91 Å². The largest absolute Gasteiger partial charge is 0.507 e. The number of phenolic OH excluding ortho intramolecular Hbond substituents is 1. The fraction of sp³-hybridized carbons (Fsp3) is 0.550. The van der Waals surface area contributed by atoms with Crippen molar-refractivity contribution in [2.24, 2.45) is 5.41 Å². The van der Waals surface area contributed by atoms with Crippen molar-refractivity contribution in [2.45, 2.75) is 45.6 Å². The first-order valence-corrected chi connectivity index (χ1v) is 9.34. The number of hydrogen-bond acceptors (Lipinski definition) is 4. The zero-order valence-corrected chi connectivity index (χ0v) is 15.8. The third-order valence-electron chi connectivity index (χ3n) is 6.02. The summed E-state index contributed by atoms with van der Waals surface area (Å²) in [6.45, 7) is 4.90. The van der Waals surface area contributed by atoms with Crippen LogP contribution in [0.5, 0.6) is 5.75 Å². The molecule has 7 nitrogen and oxygen atoms in total. The van der Waals surface area contributed by atoms with Gasteiger partial charge in [0.25, 0.3) is 5.91 Å². The molecule has 3 rings (SSSR count). The van der Waals surface area contributed by atoms with Crippen molar-refractivity contribution in [2.75, 3.05) is 19.6 Å². The maximum atomic E-state index is 12.7. The van der Waals surface area contributed by atoms with Gasteiger partial charge < -0.3 is 20.0 Å². The molecule has 2 amide bonds. The fourth-order valence-corrected chi connectivity index (χ4v) is 4.12. The van der Waals surface area contributed by atoms with E-state index in [9.17, 15) is 24.6 Å². The lowest BCUT2D eigenvalue weighted by atomic mass is 9.72. The van der Waals surface area contributed by atoms with Gasteiger partial charge in [-0.1, -0.05) is 6.07 Å². The topological polar surface area (TPSA) is 98.2 Å². The van der Waals surface area contributed by atoms with Crippen molar-refractivity contribution in [1.29, 1.82) is 0 Å². The van der Waals surface area contributed by atoms with Gasteiger partial charge in [-0.25, -0.2) is 4.79 Å². The number of hydrogen-bond donors (Lipinski definition) is 2. The number of aromatic hydroxyl groups is 1. The van der Waals surface area contributed by atoms with Crippen LogP contribution in [0.1, 0.15) is 48.5 Å². The van der Waals surface area contributed by atoms with Crippen LogP contribution in [0, 0.1) is 12.3 Å². The quantitative estimate of drug-likeness (QED) is 0.843. The van der Waals surface area contributed by atoms with E-state index in [-0.39, 0.29) is 23.0 Å². The van der Waals surface area contributed by atoms with Crippen LogP contribution in [0.2, 0.25) is 0 Å². The van der Waals surface area contributed by atoms with Crippen LogP contribution >= 0.6 is 0 Å². The van der Waals surface area contributed by atoms with E-state index < -0.39 is 12.0 Å². The summed E-state index contributed by atoms with van der Waals surface area (Å²) in [5.74, 6) is -1.31. The molecular formula is C20H26N2O5. The number of carbonyl (C=O) groups is 3. The highest BCUT2D eigenvalue weighted by Crippen LogP contribution is 2.41. The van der Waals surface area contributed by atoms with E-state index in [1.165, 1.54) is 11.8 Å². The summed E-state index contributed by atoms with van der Waals surface area (Å²) in [4.78, 5) is 39.4. The normalized spacial score (nSPS) is 20.6. The van der Waals surface area contributed by atoms with Crippen LogP contribution in [0.15, 0.2) is 18.2 Å². The number of nitrogens with zero attached hydrogens (tertiary/aromatic N) is 2. The van der Waals surface area contributed by atoms with Gasteiger partial charge in [-0.2, -0.15) is 0 Å². The molecule has 2 fully saturated rings. The van der Waals surface area contributed by atoms with Crippen molar-refractivity contribution >= 4 is 17.8 Å². The Morgan fingerprint density at radius 1 is 1.19 bits per heavy atom. The molecule has 1 aromatic carbocycles. The first-order chi connectivity index (χ1) is 12.7. The summed E-state index contributed by atoms with van der Waals surface area (Å²) in [6.07, 6.45) is 2.53. The molecule has 0 unspecified atom stereocenters. The number of likely N-dealkylation sites (tertiary alicyclic amines) is 2. The second kappa shape index (κ2) is 7.21. The Balaban J connectivity index is 1.68. The molecule has 7 heteroatoms. The van der Waals surface area contributed by atoms with E-state index in [2.05, 4.69) is 0 Å². The third-order valence-corrected chi connectivity index (χ3v) is 6.02. The SMILES string of the molecule is Cc1ccc(C(=O)N2CCC3(CCC(=O)N([C@H](C)C(=O)O)C3)CC2)c(O)c1. The van der Waals surface area contributed by atoms with Crippen LogP contribution in [-0.4, -0.2) is 63.5 Å². The zero-order valence-electron chi connectivity index (χ0n) is 15.8. The zero-order chi connectivity index (χ0) is 19.8. The van der Waals surface area contributed by atoms with Gasteiger partial charge in [-0.05, 0) is 56.2 Å². The minimum Gasteiger partial charge on any atom is -0.507 e. The van der Waals surface area contributed by atoms with Crippen molar-refractivity contribution in [3.8, 4) is 5.75 Å². The standard InChI is InChI=1S/C20H26N2O5/c1-13-3-4-15(16(23)11-13)18(25)21-9-7-20(8-10-21)6-5-17(24)22(12-20)14(2)19(26)27/h3-4,11,14,23H,5-10,12H2,1-2H3,(H,26,27)/t14-/m1/s1. The lowest BCUT2D eigenvalue weighted by Gasteiger charge is -2.48. The first-order valence-electron chi connectivity index (χ1n) is 9.34. The van der Waals surface area contributed by atoms with Gasteiger partial charge in [0.15, 0.2) is 0 Å². The summed E-state index contributed by atoms with van der Waals surface area (Å²) in [6, 6.07) is 4.19.